The van der Waals surface area contributed by atoms with Crippen molar-refractivity contribution in [2.75, 3.05) is 11.9 Å². The Bertz CT molecular complexity index is 330. The molecule has 0 aromatic carbocycles. The number of hydrogen-bond acceptors (Lipinski definition) is 1. The summed E-state index contributed by atoms with van der Waals surface area (Å²) >= 11 is 3.48. The molecular formula is C20H39BrOSi. The van der Waals surface area contributed by atoms with Crippen LogP contribution in [0, 0.1) is 11.8 Å². The predicted octanol–water partition coefficient (Wildman–Crippen LogP) is 6.57. The Morgan fingerprint density at radius 2 is 1.70 bits per heavy atom. The van der Waals surface area contributed by atoms with Gasteiger partial charge in [0.15, 0.2) is 0 Å². The third-order valence-electron chi connectivity index (χ3n) is 4.74. The highest BCUT2D eigenvalue weighted by Crippen LogP contribution is 2.29. The van der Waals surface area contributed by atoms with Gasteiger partial charge in [-0.1, -0.05) is 87.8 Å². The van der Waals surface area contributed by atoms with Crippen LogP contribution in [0.5, 0.6) is 0 Å². The van der Waals surface area contributed by atoms with Crippen molar-refractivity contribution in [3.05, 3.63) is 0 Å². The molecule has 0 saturated heterocycles. The molecule has 0 unspecified atom stereocenters. The van der Waals surface area contributed by atoms with Gasteiger partial charge >= 0.3 is 0 Å². The molecule has 0 saturated carbocycles. The third-order valence-corrected chi connectivity index (χ3v) is 8.59. The second kappa shape index (κ2) is 14.6. The molecule has 136 valence electrons. The first kappa shape index (κ1) is 23.2. The van der Waals surface area contributed by atoms with Gasteiger partial charge in [0, 0.05) is 20.5 Å². The third kappa shape index (κ3) is 13.2. The fourth-order valence-corrected chi connectivity index (χ4v) is 2.92. The van der Waals surface area contributed by atoms with Gasteiger partial charge in [0.2, 0.25) is 0 Å². The minimum absolute atomic E-state index is 0.148. The lowest BCUT2D eigenvalue weighted by Crippen LogP contribution is -2.28. The molecule has 0 radical (unpaired) electrons. The van der Waals surface area contributed by atoms with Crippen molar-refractivity contribution in [1.29, 1.82) is 0 Å². The van der Waals surface area contributed by atoms with Gasteiger partial charge in [0.05, 0.1) is 6.61 Å². The molecule has 0 spiro atoms. The fraction of sp³-hybridized carbons (Fsp3) is 0.900. The van der Waals surface area contributed by atoms with Crippen LogP contribution in [-0.4, -0.2) is 26.8 Å². The van der Waals surface area contributed by atoms with E-state index < -0.39 is 8.80 Å². The van der Waals surface area contributed by atoms with E-state index >= 15 is 0 Å². The average Bonchev–Trinajstić information content (AvgIpc) is 2.51. The summed E-state index contributed by atoms with van der Waals surface area (Å²) in [6, 6.07) is 0. The molecule has 0 aliphatic heterocycles. The Morgan fingerprint density at radius 3 is 2.30 bits per heavy atom. The van der Waals surface area contributed by atoms with E-state index in [0.717, 1.165) is 24.8 Å². The molecule has 1 atom stereocenters. The first-order valence-corrected chi connectivity index (χ1v) is 13.6. The van der Waals surface area contributed by atoms with Crippen LogP contribution in [0.3, 0.4) is 0 Å². The number of rotatable bonds is 13. The van der Waals surface area contributed by atoms with E-state index in [0.29, 0.717) is 5.04 Å². The number of halogens is 1. The van der Waals surface area contributed by atoms with E-state index in [2.05, 4.69) is 61.6 Å². The van der Waals surface area contributed by atoms with Crippen molar-refractivity contribution in [3.63, 3.8) is 0 Å². The number of ether oxygens (including phenoxy) is 1. The van der Waals surface area contributed by atoms with E-state index in [1.165, 1.54) is 44.9 Å². The molecule has 0 amide bonds. The lowest BCUT2D eigenvalue weighted by molar-refractivity contribution is 0.0675. The molecule has 3 heteroatoms. The maximum Gasteiger partial charge on any atom is 0.118 e. The number of hydrogen-bond donors (Lipinski definition) is 0. The minimum atomic E-state index is -0.695. The summed E-state index contributed by atoms with van der Waals surface area (Å²) in [4.78, 5) is 0. The van der Waals surface area contributed by atoms with Gasteiger partial charge in [-0.2, -0.15) is 0 Å². The molecule has 0 aliphatic rings. The van der Waals surface area contributed by atoms with E-state index in [1.54, 1.807) is 0 Å². The van der Waals surface area contributed by atoms with Crippen molar-refractivity contribution < 1.29 is 4.74 Å². The molecule has 0 aromatic heterocycles. The molecule has 23 heavy (non-hydrogen) atoms. The smallest absolute Gasteiger partial charge is 0.118 e. The Kier molecular flexibility index (Phi) is 14.7. The summed E-state index contributed by atoms with van der Waals surface area (Å²) in [5.74, 6) is 6.78. The van der Waals surface area contributed by atoms with Gasteiger partial charge in [-0.25, -0.2) is 0 Å². The zero-order chi connectivity index (χ0) is 17.6. The second-order valence-corrected chi connectivity index (χ2v) is 12.3. The predicted molar refractivity (Wildman–Crippen MR) is 111 cm³/mol. The highest BCUT2D eigenvalue weighted by atomic mass is 79.9. The first-order valence-electron chi connectivity index (χ1n) is 9.60. The molecule has 0 N–H and O–H groups in total. The maximum absolute atomic E-state index is 6.19. The lowest BCUT2D eigenvalue weighted by atomic mass is 10.1. The van der Waals surface area contributed by atoms with Gasteiger partial charge in [-0.3, -0.25) is 0 Å². The Labute approximate surface area is 156 Å². The SMILES string of the molecule is CCCC[C@H](C#CCCCCCCCBr)OCC(C)(C)[SiH](C)C. The zero-order valence-electron chi connectivity index (χ0n) is 16.2. The average molecular weight is 404 g/mol. The Morgan fingerprint density at radius 1 is 1.04 bits per heavy atom. The van der Waals surface area contributed by atoms with Crippen molar-refractivity contribution in [2.24, 2.45) is 0 Å². The number of unbranched alkanes of at least 4 members (excludes halogenated alkanes) is 6. The van der Waals surface area contributed by atoms with Crippen molar-refractivity contribution >= 4 is 24.7 Å². The Balaban J connectivity index is 4.12. The normalized spacial score (nSPS) is 13.0. The molecule has 0 aromatic rings. The Hall–Kier alpha value is 0.217. The summed E-state index contributed by atoms with van der Waals surface area (Å²) in [6.07, 6.45) is 11.2. The molecule has 0 fully saturated rings. The van der Waals surface area contributed by atoms with Crippen LogP contribution >= 0.6 is 15.9 Å². The minimum Gasteiger partial charge on any atom is -0.365 e. The highest BCUT2D eigenvalue weighted by Gasteiger charge is 2.24. The maximum atomic E-state index is 6.19. The van der Waals surface area contributed by atoms with Gasteiger partial charge in [0.1, 0.15) is 6.10 Å². The summed E-state index contributed by atoms with van der Waals surface area (Å²) in [5.41, 5.74) is 0. The highest BCUT2D eigenvalue weighted by molar-refractivity contribution is 9.09. The molecule has 0 aliphatic carbocycles. The zero-order valence-corrected chi connectivity index (χ0v) is 19.0. The van der Waals surface area contributed by atoms with Gasteiger partial charge < -0.3 is 4.74 Å². The summed E-state index contributed by atoms with van der Waals surface area (Å²) in [5, 5.41) is 1.50. The van der Waals surface area contributed by atoms with E-state index in [1.807, 2.05) is 0 Å². The van der Waals surface area contributed by atoms with Crippen LogP contribution in [0.1, 0.15) is 78.6 Å². The molecule has 1 nitrogen and oxygen atoms in total. The second-order valence-electron chi connectivity index (χ2n) is 7.61. The summed E-state index contributed by atoms with van der Waals surface area (Å²) < 4.78 is 6.19. The standard InChI is InChI=1S/C20H39BrOSi/c1-6-7-15-19(22-18-20(2,3)23(4)5)16-13-11-9-8-10-12-14-17-21/h19,23H,6-12,14-15,17-18H2,1-5H3/t19-/m1/s1. The van der Waals surface area contributed by atoms with Crippen LogP contribution in [0.2, 0.25) is 18.1 Å². The quantitative estimate of drug-likeness (QED) is 0.146. The molecule has 0 bridgehead atoms. The van der Waals surface area contributed by atoms with E-state index in [4.69, 9.17) is 4.74 Å². The van der Waals surface area contributed by atoms with Gasteiger partial charge in [0.25, 0.3) is 0 Å². The largest absolute Gasteiger partial charge is 0.365 e. The molecular weight excluding hydrogens is 364 g/mol. The van der Waals surface area contributed by atoms with Crippen molar-refractivity contribution in [3.8, 4) is 11.8 Å². The van der Waals surface area contributed by atoms with Gasteiger partial charge in [-0.05, 0) is 24.3 Å². The van der Waals surface area contributed by atoms with Crippen LogP contribution in [-0.2, 0) is 4.74 Å². The van der Waals surface area contributed by atoms with Crippen molar-refractivity contribution in [1.82, 2.24) is 0 Å². The van der Waals surface area contributed by atoms with E-state index in [-0.39, 0.29) is 6.10 Å². The summed E-state index contributed by atoms with van der Waals surface area (Å²) in [7, 11) is -0.695. The fourth-order valence-electron chi connectivity index (χ4n) is 2.09. The monoisotopic (exact) mass is 402 g/mol. The molecule has 0 rings (SSSR count). The number of alkyl halides is 1. The van der Waals surface area contributed by atoms with Crippen molar-refractivity contribution in [2.45, 2.75) is 103 Å². The van der Waals surface area contributed by atoms with Gasteiger partial charge in [-0.15, -0.1) is 5.92 Å². The van der Waals surface area contributed by atoms with Crippen LogP contribution in [0.25, 0.3) is 0 Å². The van der Waals surface area contributed by atoms with Crippen LogP contribution in [0.4, 0.5) is 0 Å². The van der Waals surface area contributed by atoms with Crippen LogP contribution in [0.15, 0.2) is 0 Å². The topological polar surface area (TPSA) is 9.23 Å². The van der Waals surface area contributed by atoms with Crippen LogP contribution < -0.4 is 0 Å². The molecule has 0 heterocycles. The summed E-state index contributed by atoms with van der Waals surface area (Å²) in [6.45, 7) is 12.6. The lowest BCUT2D eigenvalue weighted by Gasteiger charge is -2.29. The van der Waals surface area contributed by atoms with E-state index in [9.17, 15) is 0 Å². The first-order chi connectivity index (χ1) is 10.9.